The molecule has 0 aliphatic carbocycles. The van der Waals surface area contributed by atoms with Crippen LogP contribution in [-0.2, 0) is 4.65 Å². The number of hydrogen-bond donors (Lipinski definition) is 2. The maximum atomic E-state index is 11.9. The molecule has 0 aliphatic rings. The van der Waals surface area contributed by atoms with E-state index in [-0.39, 0.29) is 52.8 Å². The molecule has 0 unspecified atom stereocenters. The van der Waals surface area contributed by atoms with Crippen molar-refractivity contribution in [2.75, 3.05) is 0 Å². The Hall–Kier alpha value is 1.09. The Morgan fingerprint density at radius 2 is 1.27 bits per heavy atom. The van der Waals surface area contributed by atoms with Crippen molar-refractivity contribution < 1.29 is 98.2 Å². The average Bonchev–Trinajstić information content (AvgIpc) is 1.80. The van der Waals surface area contributed by atoms with Gasteiger partial charge in [0.15, 0.2) is 0 Å². The molecule has 12 heteroatoms. The predicted octanol–water partition coefficient (Wildman–Crippen LogP) is -2.12. The van der Waals surface area contributed by atoms with E-state index in [9.17, 15) is 30.7 Å². The van der Waals surface area contributed by atoms with Gasteiger partial charge in [-0.1, -0.05) is 0 Å². The van der Waals surface area contributed by atoms with Gasteiger partial charge in [0.2, 0.25) is 0 Å². The largest absolute Gasteiger partial charge is 1.00 e. The fraction of sp³-hybridized carbons (Fsp3) is 1.00. The maximum Gasteiger partial charge on any atom is 1.00 e. The van der Waals surface area contributed by atoms with Gasteiger partial charge in [-0.3, -0.25) is 0 Å². The monoisotopic (exact) mass is 270 g/mol. The molecule has 3 nitrogen and oxygen atoms in total. The first-order valence-electron chi connectivity index (χ1n) is 2.78. The van der Waals surface area contributed by atoms with E-state index in [1.165, 1.54) is 0 Å². The first-order valence-corrected chi connectivity index (χ1v) is 2.78. The molecule has 0 spiro atoms. The van der Waals surface area contributed by atoms with Crippen LogP contribution in [0, 0.1) is 0 Å². The topological polar surface area (TPSA) is 49.7 Å². The third-order valence-corrected chi connectivity index (χ3v) is 0.975. The molecule has 0 atom stereocenters. The van der Waals surface area contributed by atoms with Gasteiger partial charge in [-0.25, -0.2) is 0 Å². The van der Waals surface area contributed by atoms with Crippen molar-refractivity contribution in [3.63, 3.8) is 0 Å². The summed E-state index contributed by atoms with van der Waals surface area (Å²) in [5.41, 5.74) is 0. The number of rotatable bonds is 3. The summed E-state index contributed by atoms with van der Waals surface area (Å²) in [4.78, 5) is 0. The summed E-state index contributed by atoms with van der Waals surface area (Å²) in [6, 6.07) is 0. The van der Waals surface area contributed by atoms with Crippen LogP contribution >= 0.6 is 0 Å². The molecule has 0 amide bonds. The van der Waals surface area contributed by atoms with Crippen LogP contribution < -0.4 is 51.4 Å². The molecule has 0 radical (unpaired) electrons. The van der Waals surface area contributed by atoms with E-state index >= 15 is 0 Å². The molecule has 0 saturated heterocycles. The van der Waals surface area contributed by atoms with Crippen LogP contribution in [0.25, 0.3) is 0 Å². The third-order valence-electron chi connectivity index (χ3n) is 0.975. The van der Waals surface area contributed by atoms with E-state index in [0.29, 0.717) is 0 Å². The minimum Gasteiger partial charge on any atom is -1.00 e. The van der Waals surface area contributed by atoms with Crippen LogP contribution in [0.5, 0.6) is 0 Å². The van der Waals surface area contributed by atoms with Crippen molar-refractivity contribution >= 4 is 7.32 Å². The van der Waals surface area contributed by atoms with Crippen LogP contribution in [0.3, 0.4) is 0 Å². The molecule has 0 aliphatic heterocycles. The Balaban J connectivity index is -0.000000845. The molecule has 0 saturated carbocycles. The number of hydrogen-bond acceptors (Lipinski definition) is 3. The van der Waals surface area contributed by atoms with Gasteiger partial charge in [0.25, 0.3) is 0 Å². The van der Waals surface area contributed by atoms with E-state index in [1.54, 1.807) is 0 Å². The van der Waals surface area contributed by atoms with Crippen molar-refractivity contribution in [2.24, 2.45) is 0 Å². The minimum atomic E-state index is -6.56. The van der Waals surface area contributed by atoms with Crippen molar-refractivity contribution in [1.82, 2.24) is 0 Å². The zero-order valence-corrected chi connectivity index (χ0v) is 10.1. The van der Waals surface area contributed by atoms with Crippen LogP contribution in [0.1, 0.15) is 1.43 Å². The molecule has 0 bridgehead atoms. The van der Waals surface area contributed by atoms with Crippen molar-refractivity contribution in [3.05, 3.63) is 0 Å². The van der Waals surface area contributed by atoms with Crippen LogP contribution in [0.2, 0.25) is 0 Å². The average molecular weight is 270 g/mol. The summed E-state index contributed by atoms with van der Waals surface area (Å²) in [5.74, 6) is -6.51. The number of alkyl halides is 7. The fourth-order valence-corrected chi connectivity index (χ4v) is 0.371. The standard InChI is InChI=1S/C3H2BF7O3.K.H/c5-1(6,2(7,8)9)3(10,11)14-4(12)13;;/h12-13H;;/q;+1;-1. The Morgan fingerprint density at radius 1 is 0.933 bits per heavy atom. The normalized spacial score (nSPS) is 13.4. The molecule has 2 N–H and O–H groups in total. The Kier molecular flexibility index (Phi) is 6.91. The van der Waals surface area contributed by atoms with Crippen LogP contribution in [-0.4, -0.2) is 35.6 Å². The van der Waals surface area contributed by atoms with E-state index in [0.717, 1.165) is 0 Å². The summed E-state index contributed by atoms with van der Waals surface area (Å²) in [6.07, 6.45) is -12.6. The molecule has 0 rings (SSSR count). The summed E-state index contributed by atoms with van der Waals surface area (Å²) in [5, 5.41) is 15.3. The second-order valence-electron chi connectivity index (χ2n) is 2.03. The van der Waals surface area contributed by atoms with E-state index in [4.69, 9.17) is 10.0 Å². The van der Waals surface area contributed by atoms with E-state index < -0.39 is 25.5 Å². The Labute approximate surface area is 123 Å². The van der Waals surface area contributed by atoms with Crippen LogP contribution in [0.4, 0.5) is 30.7 Å². The zero-order valence-electron chi connectivity index (χ0n) is 8.03. The van der Waals surface area contributed by atoms with E-state index in [1.807, 2.05) is 0 Å². The second kappa shape index (κ2) is 5.62. The Bertz CT molecular complexity index is 212. The molecular formula is C3H3BF7KO3. The summed E-state index contributed by atoms with van der Waals surface area (Å²) in [7, 11) is -3.45. The van der Waals surface area contributed by atoms with Gasteiger partial charge in [-0.05, 0) is 0 Å². The summed E-state index contributed by atoms with van der Waals surface area (Å²) < 4.78 is 83.8. The van der Waals surface area contributed by atoms with Gasteiger partial charge in [0.05, 0.1) is 0 Å². The predicted molar refractivity (Wildman–Crippen MR) is 28.3 cm³/mol. The first kappa shape index (κ1) is 18.5. The summed E-state index contributed by atoms with van der Waals surface area (Å²) >= 11 is 0. The van der Waals surface area contributed by atoms with Gasteiger partial charge in [-0.15, -0.1) is 0 Å². The minimum absolute atomic E-state index is 0. The molecule has 0 heterocycles. The van der Waals surface area contributed by atoms with Gasteiger partial charge in [0.1, 0.15) is 0 Å². The summed E-state index contributed by atoms with van der Waals surface area (Å²) in [6.45, 7) is 0. The van der Waals surface area contributed by atoms with Crippen molar-refractivity contribution in [1.29, 1.82) is 0 Å². The molecule has 0 aromatic carbocycles. The van der Waals surface area contributed by atoms with Gasteiger partial charge >= 0.3 is 76.9 Å². The Morgan fingerprint density at radius 3 is 1.47 bits per heavy atom. The zero-order chi connectivity index (χ0) is 11.8. The van der Waals surface area contributed by atoms with Crippen molar-refractivity contribution in [2.45, 2.75) is 18.2 Å². The van der Waals surface area contributed by atoms with Crippen molar-refractivity contribution in [3.8, 4) is 0 Å². The molecule has 15 heavy (non-hydrogen) atoms. The second-order valence-corrected chi connectivity index (χ2v) is 2.03. The first-order chi connectivity index (χ1) is 5.92. The van der Waals surface area contributed by atoms with Gasteiger partial charge < -0.3 is 16.1 Å². The van der Waals surface area contributed by atoms with Gasteiger partial charge in [0, 0.05) is 0 Å². The fourth-order valence-electron chi connectivity index (χ4n) is 0.371. The molecule has 0 fully saturated rings. The molecule has 0 aromatic rings. The SMILES string of the molecule is OB(O)OC(F)(F)C(F)(F)C(F)(F)F.[H-].[K+]. The quantitative estimate of drug-likeness (QED) is 0.455. The van der Waals surface area contributed by atoms with Gasteiger partial charge in [-0.2, -0.15) is 30.7 Å². The molecule has 0 aromatic heterocycles. The smallest absolute Gasteiger partial charge is 1.00 e. The number of halogens is 7. The maximum absolute atomic E-state index is 11.9. The van der Waals surface area contributed by atoms with Crippen LogP contribution in [0.15, 0.2) is 0 Å². The molecular weight excluding hydrogens is 267 g/mol. The third kappa shape index (κ3) is 4.46. The van der Waals surface area contributed by atoms with E-state index in [2.05, 4.69) is 4.65 Å². The molecule has 86 valence electrons.